The summed E-state index contributed by atoms with van der Waals surface area (Å²) in [4.78, 5) is 4.62. The molecule has 2 unspecified atom stereocenters. The van der Waals surface area contributed by atoms with E-state index in [1.165, 1.54) is 0 Å². The lowest BCUT2D eigenvalue weighted by Crippen LogP contribution is -2.26. The molecule has 90 valence electrons. The first-order valence-corrected chi connectivity index (χ1v) is 6.37. The van der Waals surface area contributed by atoms with E-state index in [4.69, 9.17) is 15.2 Å². The minimum atomic E-state index is 0.0671. The number of rotatable bonds is 2. The molecule has 1 aliphatic heterocycles. The quantitative estimate of drug-likeness (QED) is 0.882. The normalized spacial score (nSPS) is 24.4. The Labute approximate surface area is 103 Å². The second-order valence-corrected chi connectivity index (χ2v) is 5.26. The number of ether oxygens (including phenoxy) is 2. The number of methoxy groups -OCH3 is 1. The van der Waals surface area contributed by atoms with E-state index in [1.807, 2.05) is 18.2 Å². The van der Waals surface area contributed by atoms with Crippen molar-refractivity contribution in [3.63, 3.8) is 0 Å². The van der Waals surface area contributed by atoms with E-state index in [1.54, 1.807) is 18.4 Å². The Morgan fingerprint density at radius 1 is 1.47 bits per heavy atom. The van der Waals surface area contributed by atoms with Gasteiger partial charge in [-0.05, 0) is 18.2 Å². The Hall–Kier alpha value is -1.17. The molecule has 2 aromatic rings. The van der Waals surface area contributed by atoms with E-state index in [-0.39, 0.29) is 12.0 Å². The van der Waals surface area contributed by atoms with Gasteiger partial charge in [0.25, 0.3) is 0 Å². The lowest BCUT2D eigenvalue weighted by molar-refractivity contribution is 0.191. The van der Waals surface area contributed by atoms with E-state index in [9.17, 15) is 0 Å². The van der Waals surface area contributed by atoms with Gasteiger partial charge in [-0.25, -0.2) is 4.98 Å². The highest BCUT2D eigenvalue weighted by Crippen LogP contribution is 2.33. The van der Waals surface area contributed by atoms with Crippen molar-refractivity contribution in [2.45, 2.75) is 12.0 Å². The topological polar surface area (TPSA) is 57.4 Å². The Morgan fingerprint density at radius 2 is 2.35 bits per heavy atom. The zero-order chi connectivity index (χ0) is 11.8. The molecule has 0 aliphatic carbocycles. The maximum atomic E-state index is 6.01. The molecule has 0 spiro atoms. The van der Waals surface area contributed by atoms with Gasteiger partial charge in [-0.2, -0.15) is 0 Å². The Kier molecular flexibility index (Phi) is 2.74. The van der Waals surface area contributed by atoms with Crippen LogP contribution >= 0.6 is 11.3 Å². The van der Waals surface area contributed by atoms with E-state index in [0.717, 1.165) is 21.0 Å². The van der Waals surface area contributed by atoms with Gasteiger partial charge in [-0.15, -0.1) is 11.3 Å². The molecule has 0 saturated carbocycles. The van der Waals surface area contributed by atoms with Crippen LogP contribution < -0.4 is 10.5 Å². The first-order valence-electron chi connectivity index (χ1n) is 5.56. The van der Waals surface area contributed by atoms with Crippen molar-refractivity contribution in [1.82, 2.24) is 4.98 Å². The monoisotopic (exact) mass is 250 g/mol. The molecule has 2 heterocycles. The number of fused-ring (bicyclic) bond motifs is 1. The molecule has 1 aromatic heterocycles. The average Bonchev–Trinajstić information content (AvgIpc) is 2.93. The molecule has 0 bridgehead atoms. The SMILES string of the molecule is COc1ccc2nc(C3COCC3N)sc2c1. The van der Waals surface area contributed by atoms with Gasteiger partial charge < -0.3 is 15.2 Å². The molecule has 1 aromatic carbocycles. The number of hydrogen-bond acceptors (Lipinski definition) is 5. The molecule has 1 fully saturated rings. The molecule has 4 nitrogen and oxygen atoms in total. The van der Waals surface area contributed by atoms with Crippen LogP contribution in [-0.4, -0.2) is 31.3 Å². The van der Waals surface area contributed by atoms with Gasteiger partial charge in [-0.1, -0.05) is 0 Å². The van der Waals surface area contributed by atoms with Gasteiger partial charge >= 0.3 is 0 Å². The van der Waals surface area contributed by atoms with Gasteiger partial charge in [0.05, 0.1) is 36.5 Å². The van der Waals surface area contributed by atoms with Crippen LogP contribution in [0.2, 0.25) is 0 Å². The zero-order valence-electron chi connectivity index (χ0n) is 9.55. The first kappa shape index (κ1) is 11.0. The summed E-state index contributed by atoms with van der Waals surface area (Å²) in [7, 11) is 1.67. The van der Waals surface area contributed by atoms with Gasteiger partial charge in [0, 0.05) is 6.04 Å². The van der Waals surface area contributed by atoms with Crippen LogP contribution in [0.3, 0.4) is 0 Å². The number of nitrogens with two attached hydrogens (primary N) is 1. The van der Waals surface area contributed by atoms with Crippen LogP contribution in [0.4, 0.5) is 0 Å². The summed E-state index contributed by atoms with van der Waals surface area (Å²) in [5.41, 5.74) is 7.01. The van der Waals surface area contributed by atoms with E-state index < -0.39 is 0 Å². The van der Waals surface area contributed by atoms with Crippen molar-refractivity contribution in [3.8, 4) is 5.75 Å². The summed E-state index contributed by atoms with van der Waals surface area (Å²) in [5, 5.41) is 1.07. The fourth-order valence-electron chi connectivity index (χ4n) is 2.03. The van der Waals surface area contributed by atoms with Crippen molar-refractivity contribution >= 4 is 21.6 Å². The molecular formula is C12H14N2O2S. The highest BCUT2D eigenvalue weighted by molar-refractivity contribution is 7.18. The van der Waals surface area contributed by atoms with Crippen LogP contribution in [0.5, 0.6) is 5.75 Å². The lowest BCUT2D eigenvalue weighted by atomic mass is 10.1. The average molecular weight is 250 g/mol. The van der Waals surface area contributed by atoms with Gasteiger partial charge in [0.1, 0.15) is 10.8 Å². The van der Waals surface area contributed by atoms with Gasteiger partial charge in [0.2, 0.25) is 0 Å². The predicted molar refractivity (Wildman–Crippen MR) is 67.7 cm³/mol. The molecule has 0 radical (unpaired) electrons. The fourth-order valence-corrected chi connectivity index (χ4v) is 3.19. The summed E-state index contributed by atoms with van der Waals surface area (Å²) < 4.78 is 11.7. The summed E-state index contributed by atoms with van der Waals surface area (Å²) in [6.07, 6.45) is 0. The van der Waals surface area contributed by atoms with E-state index >= 15 is 0 Å². The van der Waals surface area contributed by atoms with Gasteiger partial charge in [0.15, 0.2) is 0 Å². The Morgan fingerprint density at radius 3 is 3.06 bits per heavy atom. The largest absolute Gasteiger partial charge is 0.497 e. The van der Waals surface area contributed by atoms with Crippen LogP contribution in [0.15, 0.2) is 18.2 Å². The third-order valence-corrected chi connectivity index (χ3v) is 4.20. The summed E-state index contributed by atoms with van der Waals surface area (Å²) >= 11 is 1.68. The molecule has 0 amide bonds. The number of aromatic nitrogens is 1. The maximum absolute atomic E-state index is 6.01. The van der Waals surface area contributed by atoms with Crippen molar-refractivity contribution < 1.29 is 9.47 Å². The molecule has 3 rings (SSSR count). The minimum Gasteiger partial charge on any atom is -0.497 e. The second kappa shape index (κ2) is 4.25. The standard InChI is InChI=1S/C12H14N2O2S/c1-15-7-2-3-10-11(4-7)17-12(14-10)8-5-16-6-9(8)13/h2-4,8-9H,5-6,13H2,1H3. The summed E-state index contributed by atoms with van der Waals surface area (Å²) in [6.45, 7) is 1.31. The van der Waals surface area contributed by atoms with E-state index in [2.05, 4.69) is 4.98 Å². The predicted octanol–water partition coefficient (Wildman–Crippen LogP) is 1.75. The van der Waals surface area contributed by atoms with Crippen LogP contribution in [0, 0.1) is 0 Å². The number of benzene rings is 1. The highest BCUT2D eigenvalue weighted by atomic mass is 32.1. The van der Waals surface area contributed by atoms with Crippen molar-refractivity contribution in [3.05, 3.63) is 23.2 Å². The van der Waals surface area contributed by atoms with Crippen molar-refractivity contribution in [1.29, 1.82) is 0 Å². The number of thiazole rings is 1. The molecule has 17 heavy (non-hydrogen) atoms. The third-order valence-electron chi connectivity index (χ3n) is 3.05. The van der Waals surface area contributed by atoms with Gasteiger partial charge in [-0.3, -0.25) is 0 Å². The smallest absolute Gasteiger partial charge is 0.120 e. The fraction of sp³-hybridized carbons (Fsp3) is 0.417. The zero-order valence-corrected chi connectivity index (χ0v) is 10.4. The Balaban J connectivity index is 2.01. The second-order valence-electron chi connectivity index (χ2n) is 4.19. The molecule has 2 N–H and O–H groups in total. The molecular weight excluding hydrogens is 236 g/mol. The highest BCUT2D eigenvalue weighted by Gasteiger charge is 2.29. The number of hydrogen-bond donors (Lipinski definition) is 1. The summed E-state index contributed by atoms with van der Waals surface area (Å²) in [5.74, 6) is 1.10. The first-order chi connectivity index (χ1) is 8.28. The van der Waals surface area contributed by atoms with Crippen LogP contribution in [0.25, 0.3) is 10.2 Å². The van der Waals surface area contributed by atoms with Crippen molar-refractivity contribution in [2.24, 2.45) is 5.73 Å². The Bertz CT molecular complexity index is 540. The summed E-state index contributed by atoms with van der Waals surface area (Å²) in [6, 6.07) is 5.99. The van der Waals surface area contributed by atoms with E-state index in [0.29, 0.717) is 13.2 Å². The van der Waals surface area contributed by atoms with Crippen LogP contribution in [-0.2, 0) is 4.74 Å². The molecule has 1 saturated heterocycles. The molecule has 1 aliphatic rings. The molecule has 2 atom stereocenters. The molecule has 5 heteroatoms. The number of nitrogens with zero attached hydrogens (tertiary/aromatic N) is 1. The minimum absolute atomic E-state index is 0.0671. The third kappa shape index (κ3) is 1.90. The van der Waals surface area contributed by atoms with Crippen LogP contribution in [0.1, 0.15) is 10.9 Å². The lowest BCUT2D eigenvalue weighted by Gasteiger charge is -2.08. The maximum Gasteiger partial charge on any atom is 0.120 e. The van der Waals surface area contributed by atoms with Crippen molar-refractivity contribution in [2.75, 3.05) is 20.3 Å².